The van der Waals surface area contributed by atoms with E-state index in [1.165, 1.54) is 12.1 Å². The number of benzene rings is 1. The Hall–Kier alpha value is -0.620. The van der Waals surface area contributed by atoms with E-state index in [2.05, 4.69) is 4.72 Å². The molecule has 1 rings (SSSR count). The van der Waals surface area contributed by atoms with Gasteiger partial charge in [-0.1, -0.05) is 23.7 Å². The number of halogens is 1. The summed E-state index contributed by atoms with van der Waals surface area (Å²) in [5.74, 6) is 0. The first-order valence-electron chi connectivity index (χ1n) is 4.44. The van der Waals surface area contributed by atoms with Crippen molar-refractivity contribution < 1.29 is 8.42 Å². The number of rotatable bonds is 4. The molecule has 0 spiro atoms. The van der Waals surface area contributed by atoms with Gasteiger partial charge in [-0.3, -0.25) is 0 Å². The predicted molar refractivity (Wildman–Crippen MR) is 60.3 cm³/mol. The molecule has 0 heterocycles. The number of nitrogens with one attached hydrogen (secondary N) is 1. The zero-order valence-electron chi connectivity index (χ0n) is 8.27. The molecule has 84 valence electrons. The monoisotopic (exact) mass is 248 g/mol. The molecular formula is C9H13ClN2O2S. The van der Waals surface area contributed by atoms with Gasteiger partial charge in [0.15, 0.2) is 0 Å². The minimum atomic E-state index is -3.56. The zero-order valence-corrected chi connectivity index (χ0v) is 9.85. The van der Waals surface area contributed by atoms with Gasteiger partial charge < -0.3 is 5.73 Å². The predicted octanol–water partition coefficient (Wildman–Crippen LogP) is 0.966. The van der Waals surface area contributed by atoms with Gasteiger partial charge in [-0.2, -0.15) is 0 Å². The largest absolute Gasteiger partial charge is 0.329 e. The van der Waals surface area contributed by atoms with Crippen molar-refractivity contribution in [2.75, 3.05) is 6.54 Å². The maximum Gasteiger partial charge on any atom is 0.242 e. The Morgan fingerprint density at radius 3 is 2.60 bits per heavy atom. The van der Waals surface area contributed by atoms with Crippen molar-refractivity contribution in [3.63, 3.8) is 0 Å². The van der Waals surface area contributed by atoms with Crippen molar-refractivity contribution >= 4 is 21.6 Å². The van der Waals surface area contributed by atoms with E-state index >= 15 is 0 Å². The van der Waals surface area contributed by atoms with Crippen LogP contribution in [-0.2, 0) is 10.0 Å². The molecule has 15 heavy (non-hydrogen) atoms. The Morgan fingerprint density at radius 1 is 1.47 bits per heavy atom. The smallest absolute Gasteiger partial charge is 0.242 e. The lowest BCUT2D eigenvalue weighted by atomic mass is 10.4. The maximum absolute atomic E-state index is 11.8. The highest BCUT2D eigenvalue weighted by Crippen LogP contribution is 2.20. The Balaban J connectivity index is 3.02. The molecule has 0 aliphatic rings. The number of hydrogen-bond acceptors (Lipinski definition) is 3. The normalized spacial score (nSPS) is 13.8. The fourth-order valence-corrected chi connectivity index (χ4v) is 2.81. The maximum atomic E-state index is 11.8. The molecule has 3 N–H and O–H groups in total. The Kier molecular flexibility index (Phi) is 4.10. The molecule has 0 saturated carbocycles. The molecule has 1 unspecified atom stereocenters. The van der Waals surface area contributed by atoms with Gasteiger partial charge >= 0.3 is 0 Å². The van der Waals surface area contributed by atoms with Crippen molar-refractivity contribution in [2.24, 2.45) is 5.73 Å². The second kappa shape index (κ2) is 4.94. The molecule has 0 radical (unpaired) electrons. The van der Waals surface area contributed by atoms with E-state index < -0.39 is 10.0 Å². The van der Waals surface area contributed by atoms with Gasteiger partial charge in [-0.15, -0.1) is 0 Å². The van der Waals surface area contributed by atoms with Crippen LogP contribution in [0.4, 0.5) is 0 Å². The fourth-order valence-electron chi connectivity index (χ4n) is 1.04. The van der Waals surface area contributed by atoms with Crippen LogP contribution in [0.2, 0.25) is 5.02 Å². The van der Waals surface area contributed by atoms with Gasteiger partial charge in [-0.05, 0) is 19.1 Å². The lowest BCUT2D eigenvalue weighted by molar-refractivity contribution is 0.563. The first-order valence-corrected chi connectivity index (χ1v) is 6.30. The van der Waals surface area contributed by atoms with E-state index in [9.17, 15) is 8.42 Å². The summed E-state index contributed by atoms with van der Waals surface area (Å²) in [5, 5.41) is 0.203. The minimum Gasteiger partial charge on any atom is -0.329 e. The van der Waals surface area contributed by atoms with E-state index in [-0.39, 0.29) is 22.5 Å². The Morgan fingerprint density at radius 2 is 2.07 bits per heavy atom. The van der Waals surface area contributed by atoms with Gasteiger partial charge in [0.05, 0.1) is 5.02 Å². The van der Waals surface area contributed by atoms with Crippen molar-refractivity contribution in [3.8, 4) is 0 Å². The summed E-state index contributed by atoms with van der Waals surface area (Å²) in [6.45, 7) is 1.93. The van der Waals surface area contributed by atoms with E-state index in [4.69, 9.17) is 17.3 Å². The minimum absolute atomic E-state index is 0.0759. The lowest BCUT2D eigenvalue weighted by Gasteiger charge is -2.12. The number of nitrogens with two attached hydrogens (primary N) is 1. The van der Waals surface area contributed by atoms with E-state index in [0.717, 1.165) is 0 Å². The van der Waals surface area contributed by atoms with Crippen LogP contribution in [-0.4, -0.2) is 21.0 Å². The van der Waals surface area contributed by atoms with Gasteiger partial charge in [0.1, 0.15) is 4.90 Å². The standard InChI is InChI=1S/C9H13ClN2O2S/c1-7(6-11)12-15(13,14)9-5-3-2-4-8(9)10/h2-5,7,12H,6,11H2,1H3. The second-order valence-electron chi connectivity index (χ2n) is 3.19. The molecule has 0 aromatic heterocycles. The van der Waals surface area contributed by atoms with Gasteiger partial charge in [0.25, 0.3) is 0 Å². The molecule has 4 nitrogen and oxygen atoms in total. The van der Waals surface area contributed by atoms with Crippen LogP contribution < -0.4 is 10.5 Å². The van der Waals surface area contributed by atoms with Gasteiger partial charge in [-0.25, -0.2) is 13.1 Å². The fraction of sp³-hybridized carbons (Fsp3) is 0.333. The van der Waals surface area contributed by atoms with Crippen LogP contribution in [0.1, 0.15) is 6.92 Å². The number of hydrogen-bond donors (Lipinski definition) is 2. The van der Waals surface area contributed by atoms with Gasteiger partial charge in [0.2, 0.25) is 10.0 Å². The first-order chi connectivity index (χ1) is 6.97. The third kappa shape index (κ3) is 3.17. The van der Waals surface area contributed by atoms with Crippen LogP contribution in [0, 0.1) is 0 Å². The third-order valence-electron chi connectivity index (χ3n) is 1.84. The van der Waals surface area contributed by atoms with Crippen molar-refractivity contribution in [1.82, 2.24) is 4.72 Å². The molecular weight excluding hydrogens is 236 g/mol. The van der Waals surface area contributed by atoms with Crippen molar-refractivity contribution in [1.29, 1.82) is 0 Å². The molecule has 6 heteroatoms. The Bertz CT molecular complexity index is 433. The molecule has 1 aromatic rings. The van der Waals surface area contributed by atoms with Crippen molar-refractivity contribution in [3.05, 3.63) is 29.3 Å². The summed E-state index contributed by atoms with van der Waals surface area (Å²) < 4.78 is 26.0. The summed E-state index contributed by atoms with van der Waals surface area (Å²) >= 11 is 5.78. The molecule has 0 saturated heterocycles. The van der Waals surface area contributed by atoms with E-state index in [0.29, 0.717) is 0 Å². The second-order valence-corrected chi connectivity index (χ2v) is 5.28. The molecule has 0 amide bonds. The van der Waals surface area contributed by atoms with Gasteiger partial charge in [0, 0.05) is 12.6 Å². The average Bonchev–Trinajstić information content (AvgIpc) is 2.17. The quantitative estimate of drug-likeness (QED) is 0.834. The molecule has 1 aromatic carbocycles. The first kappa shape index (κ1) is 12.4. The number of sulfonamides is 1. The zero-order chi connectivity index (χ0) is 11.5. The summed E-state index contributed by atoms with van der Waals surface area (Å²) in [7, 11) is -3.56. The van der Waals surface area contributed by atoms with Crippen molar-refractivity contribution in [2.45, 2.75) is 17.9 Å². The summed E-state index contributed by atoms with van der Waals surface area (Å²) in [4.78, 5) is 0.0759. The summed E-state index contributed by atoms with van der Waals surface area (Å²) in [6, 6.07) is 5.96. The summed E-state index contributed by atoms with van der Waals surface area (Å²) in [5.41, 5.74) is 5.34. The molecule has 0 aliphatic heterocycles. The summed E-state index contributed by atoms with van der Waals surface area (Å²) in [6.07, 6.45) is 0. The topological polar surface area (TPSA) is 72.2 Å². The van der Waals surface area contributed by atoms with Crippen LogP contribution in [0.25, 0.3) is 0 Å². The SMILES string of the molecule is CC(CN)NS(=O)(=O)c1ccccc1Cl. The van der Waals surface area contributed by atoms with E-state index in [1.807, 2.05) is 0 Å². The highest BCUT2D eigenvalue weighted by Gasteiger charge is 2.18. The van der Waals surface area contributed by atoms with E-state index in [1.54, 1.807) is 19.1 Å². The van der Waals surface area contributed by atoms with Crippen LogP contribution >= 0.6 is 11.6 Å². The highest BCUT2D eigenvalue weighted by molar-refractivity contribution is 7.89. The highest BCUT2D eigenvalue weighted by atomic mass is 35.5. The molecule has 0 fully saturated rings. The molecule has 1 atom stereocenters. The molecule has 0 aliphatic carbocycles. The van der Waals surface area contributed by atoms with Crippen LogP contribution in [0.15, 0.2) is 29.2 Å². The Labute approximate surface area is 94.5 Å². The van der Waals surface area contributed by atoms with Crippen LogP contribution in [0.5, 0.6) is 0 Å². The van der Waals surface area contributed by atoms with Crippen LogP contribution in [0.3, 0.4) is 0 Å². The lowest BCUT2D eigenvalue weighted by Crippen LogP contribution is -2.37. The third-order valence-corrected chi connectivity index (χ3v) is 3.93. The average molecular weight is 249 g/mol. The molecule has 0 bridgehead atoms.